The maximum atomic E-state index is 2.31. The van der Waals surface area contributed by atoms with Gasteiger partial charge in [-0.25, -0.2) is 0 Å². The second-order valence-electron chi connectivity index (χ2n) is 2.71. The van der Waals surface area contributed by atoms with Crippen LogP contribution in [0.3, 0.4) is 0 Å². The van der Waals surface area contributed by atoms with E-state index in [1.807, 2.05) is 0 Å². The van der Waals surface area contributed by atoms with Gasteiger partial charge in [-0.05, 0) is 25.7 Å². The van der Waals surface area contributed by atoms with Gasteiger partial charge in [-0.3, -0.25) is 0 Å². The topological polar surface area (TPSA) is 0 Å². The van der Waals surface area contributed by atoms with E-state index in [2.05, 4.69) is 32.1 Å². The third-order valence-electron chi connectivity index (χ3n) is 1.90. The van der Waals surface area contributed by atoms with Crippen LogP contribution in [-0.2, 0) is 0 Å². The van der Waals surface area contributed by atoms with E-state index in [1.54, 1.807) is 0 Å². The van der Waals surface area contributed by atoms with Crippen LogP contribution in [0.1, 0.15) is 26.7 Å². The maximum absolute atomic E-state index is 2.31. The van der Waals surface area contributed by atoms with Crippen molar-refractivity contribution in [3.05, 3.63) is 23.8 Å². The zero-order valence-electron chi connectivity index (χ0n) is 6.22. The van der Waals surface area contributed by atoms with Gasteiger partial charge in [0.25, 0.3) is 0 Å². The molecule has 50 valence electrons. The second-order valence-corrected chi connectivity index (χ2v) is 2.71. The molecule has 0 saturated carbocycles. The van der Waals surface area contributed by atoms with Crippen LogP contribution in [0.15, 0.2) is 23.8 Å². The van der Waals surface area contributed by atoms with E-state index >= 15 is 0 Å². The fraction of sp³-hybridized carbons (Fsp3) is 0.556. The van der Waals surface area contributed by atoms with Crippen molar-refractivity contribution < 1.29 is 0 Å². The van der Waals surface area contributed by atoms with Crippen LogP contribution in [0.25, 0.3) is 0 Å². The van der Waals surface area contributed by atoms with Gasteiger partial charge in [-0.15, -0.1) is 0 Å². The minimum Gasteiger partial charge on any atom is -0.0810 e. The fourth-order valence-electron chi connectivity index (χ4n) is 1.07. The number of hydrogen-bond acceptors (Lipinski definition) is 0. The Hall–Kier alpha value is -0.520. The van der Waals surface area contributed by atoms with Crippen molar-refractivity contribution in [1.82, 2.24) is 0 Å². The Bertz CT molecular complexity index is 140. The second kappa shape index (κ2) is 2.86. The van der Waals surface area contributed by atoms with Crippen molar-refractivity contribution in [2.75, 3.05) is 0 Å². The smallest absolute Gasteiger partial charge is 0.0198 e. The fourth-order valence-corrected chi connectivity index (χ4v) is 1.07. The first-order chi connectivity index (χ1) is 4.33. The van der Waals surface area contributed by atoms with Crippen LogP contribution in [0.5, 0.6) is 0 Å². The summed E-state index contributed by atoms with van der Waals surface area (Å²) in [5, 5.41) is 0. The van der Waals surface area contributed by atoms with Gasteiger partial charge in [0, 0.05) is 0 Å². The zero-order valence-corrected chi connectivity index (χ0v) is 6.22. The summed E-state index contributed by atoms with van der Waals surface area (Å²) in [6, 6.07) is 0. The summed E-state index contributed by atoms with van der Waals surface area (Å²) in [5.74, 6) is 0.814. The molecule has 0 unspecified atom stereocenters. The summed E-state index contributed by atoms with van der Waals surface area (Å²) in [6.07, 6.45) is 9.38. The van der Waals surface area contributed by atoms with Crippen LogP contribution < -0.4 is 0 Å². The summed E-state index contributed by atoms with van der Waals surface area (Å²) in [7, 11) is 0. The normalized spacial score (nSPS) is 26.0. The summed E-state index contributed by atoms with van der Waals surface area (Å²) in [4.78, 5) is 0. The Balaban J connectivity index is 2.48. The SMILES string of the molecule is CC[C@@H]1C=CC(C)=CC1. The number of allylic oxidation sites excluding steroid dienone is 4. The molecule has 0 nitrogen and oxygen atoms in total. The minimum absolute atomic E-state index is 0.814. The molecule has 0 spiro atoms. The minimum atomic E-state index is 0.814. The third kappa shape index (κ3) is 1.70. The first-order valence-electron chi connectivity index (χ1n) is 3.68. The Kier molecular flexibility index (Phi) is 2.10. The van der Waals surface area contributed by atoms with Crippen molar-refractivity contribution in [1.29, 1.82) is 0 Å². The average Bonchev–Trinajstić information content (AvgIpc) is 1.90. The van der Waals surface area contributed by atoms with Gasteiger partial charge in [0.15, 0.2) is 0 Å². The molecule has 0 radical (unpaired) electrons. The molecule has 1 aliphatic carbocycles. The van der Waals surface area contributed by atoms with Crippen molar-refractivity contribution in [3.63, 3.8) is 0 Å². The van der Waals surface area contributed by atoms with Gasteiger partial charge in [0.2, 0.25) is 0 Å². The molecular formula is C9H14. The van der Waals surface area contributed by atoms with Crippen LogP contribution in [0.4, 0.5) is 0 Å². The van der Waals surface area contributed by atoms with Gasteiger partial charge < -0.3 is 0 Å². The summed E-state index contributed by atoms with van der Waals surface area (Å²) in [5.41, 5.74) is 1.42. The van der Waals surface area contributed by atoms with E-state index in [1.165, 1.54) is 18.4 Å². The van der Waals surface area contributed by atoms with E-state index in [4.69, 9.17) is 0 Å². The molecule has 0 saturated heterocycles. The van der Waals surface area contributed by atoms with Crippen molar-refractivity contribution >= 4 is 0 Å². The quantitative estimate of drug-likeness (QED) is 0.501. The molecule has 0 heterocycles. The zero-order chi connectivity index (χ0) is 6.69. The lowest BCUT2D eigenvalue weighted by Crippen LogP contribution is -1.95. The molecule has 1 atom stereocenters. The molecule has 0 aromatic heterocycles. The van der Waals surface area contributed by atoms with Crippen molar-refractivity contribution in [3.8, 4) is 0 Å². The summed E-state index contributed by atoms with van der Waals surface area (Å²) in [6.45, 7) is 4.39. The highest BCUT2D eigenvalue weighted by atomic mass is 14.1. The molecule has 9 heavy (non-hydrogen) atoms. The Labute approximate surface area is 57.3 Å². The predicted molar refractivity (Wildman–Crippen MR) is 41.3 cm³/mol. The lowest BCUT2D eigenvalue weighted by Gasteiger charge is -2.10. The highest BCUT2D eigenvalue weighted by molar-refractivity contribution is 5.20. The monoisotopic (exact) mass is 122 g/mol. The largest absolute Gasteiger partial charge is 0.0810 e. The third-order valence-corrected chi connectivity index (χ3v) is 1.90. The maximum Gasteiger partial charge on any atom is -0.0198 e. The van der Waals surface area contributed by atoms with E-state index in [0.717, 1.165) is 5.92 Å². The number of hydrogen-bond donors (Lipinski definition) is 0. The van der Waals surface area contributed by atoms with Crippen molar-refractivity contribution in [2.24, 2.45) is 5.92 Å². The molecule has 0 heteroatoms. The van der Waals surface area contributed by atoms with E-state index in [0.29, 0.717) is 0 Å². The van der Waals surface area contributed by atoms with Crippen molar-refractivity contribution in [2.45, 2.75) is 26.7 Å². The molecule has 0 fully saturated rings. The molecule has 0 aromatic rings. The molecule has 1 rings (SSSR count). The Morgan fingerprint density at radius 2 is 2.44 bits per heavy atom. The van der Waals surface area contributed by atoms with Gasteiger partial charge in [-0.2, -0.15) is 0 Å². The van der Waals surface area contributed by atoms with Gasteiger partial charge in [-0.1, -0.05) is 30.7 Å². The van der Waals surface area contributed by atoms with Crippen LogP contribution in [0.2, 0.25) is 0 Å². The first kappa shape index (κ1) is 6.60. The summed E-state index contributed by atoms with van der Waals surface area (Å²) < 4.78 is 0. The lowest BCUT2D eigenvalue weighted by molar-refractivity contribution is 0.629. The standard InChI is InChI=1S/C9H14/c1-3-9-6-4-8(2)5-7-9/h4-6,9H,3,7H2,1-2H3/t9-/m1/s1. The van der Waals surface area contributed by atoms with Crippen LogP contribution >= 0.6 is 0 Å². The highest BCUT2D eigenvalue weighted by Crippen LogP contribution is 2.17. The van der Waals surface area contributed by atoms with E-state index < -0.39 is 0 Å². The molecule has 1 aliphatic rings. The highest BCUT2D eigenvalue weighted by Gasteiger charge is 2.02. The molecule has 0 amide bonds. The summed E-state index contributed by atoms with van der Waals surface area (Å²) >= 11 is 0. The van der Waals surface area contributed by atoms with E-state index in [9.17, 15) is 0 Å². The van der Waals surface area contributed by atoms with Gasteiger partial charge in [0.05, 0.1) is 0 Å². The number of rotatable bonds is 1. The molecule has 0 aromatic carbocycles. The molecule has 0 bridgehead atoms. The van der Waals surface area contributed by atoms with Crippen LogP contribution in [0, 0.1) is 5.92 Å². The van der Waals surface area contributed by atoms with Crippen LogP contribution in [-0.4, -0.2) is 0 Å². The van der Waals surface area contributed by atoms with Gasteiger partial charge >= 0.3 is 0 Å². The predicted octanol–water partition coefficient (Wildman–Crippen LogP) is 2.92. The Morgan fingerprint density at radius 3 is 2.89 bits per heavy atom. The molecular weight excluding hydrogens is 108 g/mol. The molecule has 0 N–H and O–H groups in total. The Morgan fingerprint density at radius 1 is 1.67 bits per heavy atom. The molecule has 0 aliphatic heterocycles. The first-order valence-corrected chi connectivity index (χ1v) is 3.68. The average molecular weight is 122 g/mol. The lowest BCUT2D eigenvalue weighted by atomic mass is 9.95. The van der Waals surface area contributed by atoms with E-state index in [-0.39, 0.29) is 0 Å². The van der Waals surface area contributed by atoms with Gasteiger partial charge in [0.1, 0.15) is 0 Å².